The van der Waals surface area contributed by atoms with Crippen LogP contribution in [0.1, 0.15) is 40.9 Å². The Kier molecular flexibility index (Phi) is 7.02. The van der Waals surface area contributed by atoms with E-state index < -0.39 is 0 Å². The van der Waals surface area contributed by atoms with E-state index in [-0.39, 0.29) is 24.5 Å². The van der Waals surface area contributed by atoms with Crippen LogP contribution in [0.3, 0.4) is 0 Å². The Bertz CT molecular complexity index is 890. The molecule has 6 nitrogen and oxygen atoms in total. The van der Waals surface area contributed by atoms with Crippen LogP contribution in [0.25, 0.3) is 10.1 Å². The van der Waals surface area contributed by atoms with E-state index in [1.807, 2.05) is 21.9 Å². The van der Waals surface area contributed by atoms with Gasteiger partial charge in [-0.15, -0.1) is 11.3 Å². The Labute approximate surface area is 181 Å². The summed E-state index contributed by atoms with van der Waals surface area (Å²) in [6.07, 6.45) is 4.94. The fourth-order valence-electron chi connectivity index (χ4n) is 4.54. The van der Waals surface area contributed by atoms with Crippen LogP contribution in [0.4, 0.5) is 0 Å². The molecule has 1 atom stereocenters. The van der Waals surface area contributed by atoms with Crippen molar-refractivity contribution in [2.45, 2.75) is 38.1 Å². The molecule has 0 spiro atoms. The molecule has 1 aromatic heterocycles. The molecule has 1 aromatic carbocycles. The monoisotopic (exact) mass is 430 g/mol. The first-order valence-corrected chi connectivity index (χ1v) is 11.7. The second-order valence-corrected chi connectivity index (χ2v) is 9.09. The number of fused-ring (bicyclic) bond motifs is 1. The molecular weight excluding hydrogens is 400 g/mol. The number of likely N-dealkylation sites (tertiary alicyclic amines) is 1. The molecule has 4 rings (SSSR count). The average molecular weight is 431 g/mol. The maximum atomic E-state index is 13.4. The van der Waals surface area contributed by atoms with E-state index in [4.69, 9.17) is 9.47 Å². The molecule has 162 valence electrons. The molecule has 2 aliphatic heterocycles. The second-order valence-electron chi connectivity index (χ2n) is 8.04. The molecule has 0 unspecified atom stereocenters. The number of carbonyl (C=O) groups is 2. The number of carbonyl (C=O) groups excluding carboxylic acids is 2. The lowest BCUT2D eigenvalue weighted by molar-refractivity contribution is -0.137. The van der Waals surface area contributed by atoms with Crippen LogP contribution in [0.5, 0.6) is 0 Å². The fourth-order valence-corrected chi connectivity index (χ4v) is 5.74. The molecule has 0 radical (unpaired) electrons. The van der Waals surface area contributed by atoms with Gasteiger partial charge in [-0.05, 0) is 36.3 Å². The van der Waals surface area contributed by atoms with Gasteiger partial charge in [-0.3, -0.25) is 9.59 Å². The number of benzene rings is 1. The quantitative estimate of drug-likeness (QED) is 0.730. The van der Waals surface area contributed by atoms with E-state index in [2.05, 4.69) is 12.1 Å². The van der Waals surface area contributed by atoms with E-state index >= 15 is 0 Å². The molecule has 2 aliphatic rings. The summed E-state index contributed by atoms with van der Waals surface area (Å²) < 4.78 is 11.7. The smallest absolute Gasteiger partial charge is 0.264 e. The molecule has 0 bridgehead atoms. The van der Waals surface area contributed by atoms with Crippen molar-refractivity contribution in [3.63, 3.8) is 0 Å². The molecule has 2 amide bonds. The zero-order valence-corrected chi connectivity index (χ0v) is 18.4. The molecule has 7 heteroatoms. The predicted octanol–water partition coefficient (Wildman–Crippen LogP) is 3.33. The van der Waals surface area contributed by atoms with Gasteiger partial charge in [0, 0.05) is 37.5 Å². The van der Waals surface area contributed by atoms with Crippen LogP contribution in [-0.2, 0) is 20.7 Å². The number of methoxy groups -OCH3 is 1. The minimum absolute atomic E-state index is 0.0463. The highest BCUT2D eigenvalue weighted by atomic mass is 32.1. The van der Waals surface area contributed by atoms with Crippen molar-refractivity contribution in [3.8, 4) is 0 Å². The molecule has 3 heterocycles. The summed E-state index contributed by atoms with van der Waals surface area (Å²) in [6.45, 7) is 3.33. The number of morpholine rings is 1. The fraction of sp³-hybridized carbons (Fsp3) is 0.565. The molecule has 0 saturated carbocycles. The largest absolute Gasteiger partial charge is 0.378 e. The van der Waals surface area contributed by atoms with Crippen molar-refractivity contribution in [3.05, 3.63) is 34.7 Å². The summed E-state index contributed by atoms with van der Waals surface area (Å²) in [4.78, 5) is 30.8. The molecule has 30 heavy (non-hydrogen) atoms. The Hall–Kier alpha value is -1.96. The third kappa shape index (κ3) is 4.53. The third-order valence-electron chi connectivity index (χ3n) is 6.10. The average Bonchev–Trinajstić information content (AvgIpc) is 2.97. The van der Waals surface area contributed by atoms with Crippen molar-refractivity contribution in [1.29, 1.82) is 0 Å². The maximum Gasteiger partial charge on any atom is 0.264 e. The van der Waals surface area contributed by atoms with Gasteiger partial charge >= 0.3 is 0 Å². The minimum atomic E-state index is 0.0463. The summed E-state index contributed by atoms with van der Waals surface area (Å²) in [5.74, 6) is 0.142. The van der Waals surface area contributed by atoms with Crippen LogP contribution in [0.2, 0.25) is 0 Å². The van der Waals surface area contributed by atoms with Gasteiger partial charge in [0.05, 0.1) is 18.1 Å². The Morgan fingerprint density at radius 1 is 1.13 bits per heavy atom. The van der Waals surface area contributed by atoms with Crippen LogP contribution in [0, 0.1) is 0 Å². The minimum Gasteiger partial charge on any atom is -0.378 e. The van der Waals surface area contributed by atoms with Gasteiger partial charge in [0.25, 0.3) is 5.91 Å². The Morgan fingerprint density at radius 3 is 2.73 bits per heavy atom. The lowest BCUT2D eigenvalue weighted by Crippen LogP contribution is -2.43. The van der Waals surface area contributed by atoms with Crippen molar-refractivity contribution in [2.24, 2.45) is 0 Å². The van der Waals surface area contributed by atoms with Gasteiger partial charge in [0.1, 0.15) is 6.61 Å². The summed E-state index contributed by atoms with van der Waals surface area (Å²) in [5.41, 5.74) is 1.09. The SMILES string of the molecule is COCC(=O)N1CCCCC[C@@H]1Cc1c(C(=O)N2CCOCC2)sc2ccccc12. The highest BCUT2D eigenvalue weighted by molar-refractivity contribution is 7.21. The molecule has 2 fully saturated rings. The lowest BCUT2D eigenvalue weighted by atomic mass is 9.97. The van der Waals surface area contributed by atoms with Crippen LogP contribution in [0.15, 0.2) is 24.3 Å². The molecule has 0 N–H and O–H groups in total. The van der Waals surface area contributed by atoms with Gasteiger partial charge in [0.2, 0.25) is 5.91 Å². The number of hydrogen-bond acceptors (Lipinski definition) is 5. The van der Waals surface area contributed by atoms with Crippen LogP contribution in [-0.4, -0.2) is 74.2 Å². The van der Waals surface area contributed by atoms with Gasteiger partial charge < -0.3 is 19.3 Å². The number of thiophene rings is 1. The van der Waals surface area contributed by atoms with E-state index in [1.165, 1.54) is 0 Å². The zero-order valence-electron chi connectivity index (χ0n) is 17.6. The number of amides is 2. The highest BCUT2D eigenvalue weighted by Crippen LogP contribution is 2.35. The van der Waals surface area contributed by atoms with E-state index in [0.29, 0.717) is 32.7 Å². The zero-order chi connectivity index (χ0) is 20.9. The van der Waals surface area contributed by atoms with Crippen molar-refractivity contribution in [2.75, 3.05) is 46.6 Å². The van der Waals surface area contributed by atoms with Crippen molar-refractivity contribution < 1.29 is 19.1 Å². The number of rotatable bonds is 5. The second kappa shape index (κ2) is 9.90. The summed E-state index contributed by atoms with van der Waals surface area (Å²) in [5, 5.41) is 1.14. The first-order chi connectivity index (χ1) is 14.7. The van der Waals surface area contributed by atoms with Crippen molar-refractivity contribution >= 4 is 33.2 Å². The third-order valence-corrected chi connectivity index (χ3v) is 7.30. The van der Waals surface area contributed by atoms with Gasteiger partial charge in [-0.1, -0.05) is 31.0 Å². The van der Waals surface area contributed by atoms with Crippen LogP contribution < -0.4 is 0 Å². The normalized spacial score (nSPS) is 20.4. The first-order valence-electron chi connectivity index (χ1n) is 10.8. The summed E-state index contributed by atoms with van der Waals surface area (Å²) >= 11 is 1.58. The first kappa shape index (κ1) is 21.3. The predicted molar refractivity (Wildman–Crippen MR) is 118 cm³/mol. The molecular formula is C23H30N2O4S. The van der Waals surface area contributed by atoms with Gasteiger partial charge in [-0.25, -0.2) is 0 Å². The lowest BCUT2D eigenvalue weighted by Gasteiger charge is -2.31. The summed E-state index contributed by atoms with van der Waals surface area (Å²) in [7, 11) is 1.57. The van der Waals surface area contributed by atoms with E-state index in [0.717, 1.165) is 52.8 Å². The number of hydrogen-bond donors (Lipinski definition) is 0. The van der Waals surface area contributed by atoms with Gasteiger partial charge in [0.15, 0.2) is 0 Å². The maximum absolute atomic E-state index is 13.4. The Balaban J connectivity index is 1.67. The number of nitrogens with zero attached hydrogens (tertiary/aromatic N) is 2. The van der Waals surface area contributed by atoms with E-state index in [1.54, 1.807) is 18.4 Å². The van der Waals surface area contributed by atoms with E-state index in [9.17, 15) is 9.59 Å². The van der Waals surface area contributed by atoms with Crippen molar-refractivity contribution in [1.82, 2.24) is 9.80 Å². The highest BCUT2D eigenvalue weighted by Gasteiger charge is 2.30. The van der Waals surface area contributed by atoms with Gasteiger partial charge in [-0.2, -0.15) is 0 Å². The summed E-state index contributed by atoms with van der Waals surface area (Å²) in [6, 6.07) is 8.34. The molecule has 2 saturated heterocycles. The topological polar surface area (TPSA) is 59.1 Å². The molecule has 2 aromatic rings. The number of ether oxygens (including phenoxy) is 2. The molecule has 0 aliphatic carbocycles. The Morgan fingerprint density at radius 2 is 1.93 bits per heavy atom. The van der Waals surface area contributed by atoms with Crippen LogP contribution >= 0.6 is 11.3 Å². The standard InChI is InChI=1S/C23H30N2O4S/c1-28-16-21(26)25-10-6-2-3-7-17(25)15-19-18-8-4-5-9-20(18)30-22(19)23(27)24-11-13-29-14-12-24/h4-5,8-9,17H,2-3,6-7,10-16H2,1H3/t17-/m1/s1.